The second-order valence-electron chi connectivity index (χ2n) is 8.00. The van der Waals surface area contributed by atoms with Gasteiger partial charge in [0.1, 0.15) is 22.7 Å². The molecule has 1 aliphatic rings. The monoisotopic (exact) mass is 389 g/mol. The van der Waals surface area contributed by atoms with Crippen molar-refractivity contribution >= 4 is 16.9 Å². The predicted octanol–water partition coefficient (Wildman–Crippen LogP) is 2.39. The number of aryl methyl sites for hydroxylation is 2. The van der Waals surface area contributed by atoms with E-state index in [2.05, 4.69) is 5.32 Å². The Bertz CT molecular complexity index is 975. The number of aliphatic hydroxyl groups is 1. The van der Waals surface area contributed by atoms with Crippen molar-refractivity contribution in [3.05, 3.63) is 33.2 Å². The smallest absolute Gasteiger partial charge is 0.339 e. The number of ether oxygens (including phenoxy) is 2. The molecule has 2 N–H and O–H groups in total. The second kappa shape index (κ2) is 7.47. The Labute approximate surface area is 163 Å². The van der Waals surface area contributed by atoms with E-state index in [0.29, 0.717) is 28.0 Å². The van der Waals surface area contributed by atoms with E-state index in [4.69, 9.17) is 19.0 Å². The first-order chi connectivity index (χ1) is 13.1. The van der Waals surface area contributed by atoms with Gasteiger partial charge in [0.05, 0.1) is 12.0 Å². The van der Waals surface area contributed by atoms with E-state index in [1.807, 2.05) is 20.8 Å². The molecule has 1 amide bonds. The van der Waals surface area contributed by atoms with Crippen molar-refractivity contribution in [3.63, 3.8) is 0 Å². The SMILES string of the molecule is Cc1c(C)c2c(OCC(=O)NC(C)CO)cc3c(c2oc1=O)CCC(C)(C)O3. The van der Waals surface area contributed by atoms with Crippen molar-refractivity contribution < 1.29 is 23.8 Å². The number of nitrogens with one attached hydrogen (secondary N) is 1. The molecule has 7 heteroatoms. The summed E-state index contributed by atoms with van der Waals surface area (Å²) in [5.74, 6) is 0.692. The van der Waals surface area contributed by atoms with Crippen LogP contribution in [0.25, 0.3) is 11.0 Å². The molecule has 1 aromatic heterocycles. The average molecular weight is 389 g/mol. The molecule has 1 unspecified atom stereocenters. The van der Waals surface area contributed by atoms with Crippen molar-refractivity contribution in [1.29, 1.82) is 0 Å². The summed E-state index contributed by atoms with van der Waals surface area (Å²) in [5.41, 5.74) is 1.85. The van der Waals surface area contributed by atoms with Crippen LogP contribution < -0.4 is 20.4 Å². The lowest BCUT2D eigenvalue weighted by Gasteiger charge is -2.33. The molecule has 2 aromatic rings. The zero-order valence-electron chi connectivity index (χ0n) is 17.0. The standard InChI is InChI=1S/C21H27NO6/c1-11(9-23)22-17(24)10-26-16-8-15-14(6-7-21(4,5)28-15)19-18(16)12(2)13(3)20(25)27-19/h8,11,23H,6-7,9-10H2,1-5H3,(H,22,24). The highest BCUT2D eigenvalue weighted by Gasteiger charge is 2.31. The quantitative estimate of drug-likeness (QED) is 0.762. The summed E-state index contributed by atoms with van der Waals surface area (Å²) in [4.78, 5) is 24.3. The van der Waals surface area contributed by atoms with E-state index in [1.54, 1.807) is 19.9 Å². The molecule has 1 aliphatic heterocycles. The minimum Gasteiger partial charge on any atom is -0.487 e. The highest BCUT2D eigenvalue weighted by atomic mass is 16.5. The molecule has 0 spiro atoms. The Morgan fingerprint density at radius 1 is 1.36 bits per heavy atom. The maximum absolute atomic E-state index is 12.3. The van der Waals surface area contributed by atoms with Gasteiger partial charge >= 0.3 is 5.63 Å². The molecule has 0 fully saturated rings. The molecule has 7 nitrogen and oxygen atoms in total. The van der Waals surface area contributed by atoms with Gasteiger partial charge in [-0.25, -0.2) is 4.79 Å². The maximum atomic E-state index is 12.3. The van der Waals surface area contributed by atoms with Crippen LogP contribution >= 0.6 is 0 Å². The Balaban J connectivity index is 2.07. The summed E-state index contributed by atoms with van der Waals surface area (Å²) in [6.45, 7) is 8.87. The van der Waals surface area contributed by atoms with Crippen LogP contribution in [-0.2, 0) is 11.2 Å². The van der Waals surface area contributed by atoms with E-state index in [1.165, 1.54) is 0 Å². The van der Waals surface area contributed by atoms with Crippen molar-refractivity contribution in [2.24, 2.45) is 0 Å². The molecule has 1 aromatic carbocycles. The molecule has 0 saturated heterocycles. The summed E-state index contributed by atoms with van der Waals surface area (Å²) >= 11 is 0. The number of amides is 1. The summed E-state index contributed by atoms with van der Waals surface area (Å²) in [6.07, 6.45) is 1.52. The minimum atomic E-state index is -0.385. The van der Waals surface area contributed by atoms with E-state index in [0.717, 1.165) is 24.0 Å². The predicted molar refractivity (Wildman–Crippen MR) is 105 cm³/mol. The van der Waals surface area contributed by atoms with Gasteiger partial charge in [0.15, 0.2) is 6.61 Å². The van der Waals surface area contributed by atoms with Gasteiger partial charge in [0.25, 0.3) is 5.91 Å². The summed E-state index contributed by atoms with van der Waals surface area (Å²) in [7, 11) is 0. The van der Waals surface area contributed by atoms with Gasteiger partial charge in [-0.1, -0.05) is 0 Å². The lowest BCUT2D eigenvalue weighted by atomic mass is 9.92. The van der Waals surface area contributed by atoms with Gasteiger partial charge < -0.3 is 24.3 Å². The Morgan fingerprint density at radius 3 is 2.75 bits per heavy atom. The van der Waals surface area contributed by atoms with Gasteiger partial charge in [0.2, 0.25) is 0 Å². The van der Waals surface area contributed by atoms with E-state index in [9.17, 15) is 9.59 Å². The van der Waals surface area contributed by atoms with Crippen LogP contribution in [0.2, 0.25) is 0 Å². The highest BCUT2D eigenvalue weighted by Crippen LogP contribution is 2.43. The number of carbonyl (C=O) groups is 1. The number of rotatable bonds is 5. The lowest BCUT2D eigenvalue weighted by molar-refractivity contribution is -0.123. The first kappa shape index (κ1) is 20.2. The molecular formula is C21H27NO6. The van der Waals surface area contributed by atoms with Gasteiger partial charge in [-0.2, -0.15) is 0 Å². The van der Waals surface area contributed by atoms with Crippen LogP contribution in [0.3, 0.4) is 0 Å². The molecule has 2 heterocycles. The summed E-state index contributed by atoms with van der Waals surface area (Å²) < 4.78 is 17.5. The molecule has 1 atom stereocenters. The van der Waals surface area contributed by atoms with Crippen molar-refractivity contribution in [2.75, 3.05) is 13.2 Å². The Hall–Kier alpha value is -2.54. The number of aliphatic hydroxyl groups excluding tert-OH is 1. The van der Waals surface area contributed by atoms with Crippen molar-refractivity contribution in [2.45, 2.75) is 59.1 Å². The number of hydrogen-bond acceptors (Lipinski definition) is 6. The number of benzene rings is 1. The molecule has 3 rings (SSSR count). The molecule has 0 bridgehead atoms. The summed E-state index contributed by atoms with van der Waals surface area (Å²) in [6, 6.07) is 1.41. The van der Waals surface area contributed by atoms with Crippen LogP contribution in [-0.4, -0.2) is 35.9 Å². The van der Waals surface area contributed by atoms with Gasteiger partial charge in [-0.05, 0) is 53.0 Å². The van der Waals surface area contributed by atoms with Gasteiger partial charge in [0, 0.05) is 23.2 Å². The maximum Gasteiger partial charge on any atom is 0.339 e. The van der Waals surface area contributed by atoms with Gasteiger partial charge in [-0.3, -0.25) is 4.79 Å². The molecular weight excluding hydrogens is 362 g/mol. The van der Waals surface area contributed by atoms with E-state index >= 15 is 0 Å². The third-order valence-corrected chi connectivity index (χ3v) is 5.15. The van der Waals surface area contributed by atoms with Crippen LogP contribution in [0.15, 0.2) is 15.3 Å². The fourth-order valence-corrected chi connectivity index (χ4v) is 3.35. The van der Waals surface area contributed by atoms with Gasteiger partial charge in [-0.15, -0.1) is 0 Å². The highest BCUT2D eigenvalue weighted by molar-refractivity contribution is 5.92. The topological polar surface area (TPSA) is 98.0 Å². The molecule has 0 radical (unpaired) electrons. The average Bonchev–Trinajstić information content (AvgIpc) is 2.62. The van der Waals surface area contributed by atoms with Crippen molar-refractivity contribution in [3.8, 4) is 11.5 Å². The second-order valence-corrected chi connectivity index (χ2v) is 8.00. The van der Waals surface area contributed by atoms with Crippen molar-refractivity contribution in [1.82, 2.24) is 5.32 Å². The number of carbonyl (C=O) groups excluding carboxylic acids is 1. The molecule has 0 saturated carbocycles. The first-order valence-corrected chi connectivity index (χ1v) is 9.45. The van der Waals surface area contributed by atoms with E-state index in [-0.39, 0.29) is 36.4 Å². The Morgan fingerprint density at radius 2 is 2.07 bits per heavy atom. The lowest BCUT2D eigenvalue weighted by Crippen LogP contribution is -2.38. The van der Waals surface area contributed by atoms with Crippen LogP contribution in [0.4, 0.5) is 0 Å². The minimum absolute atomic E-state index is 0.153. The summed E-state index contributed by atoms with van der Waals surface area (Å²) in [5, 5.41) is 12.4. The van der Waals surface area contributed by atoms with Crippen LogP contribution in [0, 0.1) is 13.8 Å². The molecule has 28 heavy (non-hydrogen) atoms. The zero-order chi connectivity index (χ0) is 20.6. The Kier molecular flexibility index (Phi) is 5.39. The molecule has 152 valence electrons. The van der Waals surface area contributed by atoms with Crippen LogP contribution in [0.1, 0.15) is 43.9 Å². The van der Waals surface area contributed by atoms with Crippen LogP contribution in [0.5, 0.6) is 11.5 Å². The zero-order valence-corrected chi connectivity index (χ0v) is 17.0. The largest absolute Gasteiger partial charge is 0.487 e. The number of fused-ring (bicyclic) bond motifs is 3. The normalized spacial score (nSPS) is 16.2. The number of hydrogen-bond donors (Lipinski definition) is 2. The van der Waals surface area contributed by atoms with E-state index < -0.39 is 0 Å². The molecule has 0 aliphatic carbocycles. The fraction of sp³-hybridized carbons (Fsp3) is 0.524. The fourth-order valence-electron chi connectivity index (χ4n) is 3.35. The third-order valence-electron chi connectivity index (χ3n) is 5.15. The first-order valence-electron chi connectivity index (χ1n) is 9.45. The third kappa shape index (κ3) is 3.85.